The number of hydrogen-bond donors (Lipinski definition) is 0. The molecule has 0 aliphatic carbocycles. The Hall–Kier alpha value is 0.210. The summed E-state index contributed by atoms with van der Waals surface area (Å²) in [6.45, 7) is 11.0. The van der Waals surface area contributed by atoms with Crippen molar-refractivity contribution < 1.29 is 4.74 Å². The van der Waals surface area contributed by atoms with E-state index in [9.17, 15) is 0 Å². The molecular weight excluding hydrogens is 198 g/mol. The molecule has 1 fully saturated rings. The zero-order chi connectivity index (χ0) is 10.7. The number of ether oxygens (including phenoxy) is 1. The first-order valence-electron chi connectivity index (χ1n) is 5.50. The maximum Gasteiger partial charge on any atom is 0.0841 e. The number of hydrogen-bond acceptors (Lipinski definition) is 2. The Morgan fingerprint density at radius 3 is 2.50 bits per heavy atom. The lowest BCUT2D eigenvalue weighted by molar-refractivity contribution is -0.0815. The summed E-state index contributed by atoms with van der Waals surface area (Å²) in [5.41, 5.74) is 0. The van der Waals surface area contributed by atoms with Crippen LogP contribution in [0.1, 0.15) is 27.7 Å². The van der Waals surface area contributed by atoms with Crippen molar-refractivity contribution in [1.82, 2.24) is 4.90 Å². The lowest BCUT2D eigenvalue weighted by Crippen LogP contribution is -2.51. The molecule has 0 saturated carbocycles. The summed E-state index contributed by atoms with van der Waals surface area (Å²) in [7, 11) is 0. The third kappa shape index (κ3) is 3.11. The highest BCUT2D eigenvalue weighted by Gasteiger charge is 2.28. The van der Waals surface area contributed by atoms with E-state index < -0.39 is 0 Å². The monoisotopic (exact) mass is 219 g/mol. The zero-order valence-corrected chi connectivity index (χ0v) is 10.4. The predicted molar refractivity (Wildman–Crippen MR) is 60.9 cm³/mol. The summed E-state index contributed by atoms with van der Waals surface area (Å²) in [4.78, 5) is 2.49. The standard InChI is InChI=1S/C11H22ClNO/c1-8(2)10(4)13-6-9(3)14-11(5-12)7-13/h8-11H,5-7H2,1-4H3. The predicted octanol–water partition coefficient (Wildman–Crippen LogP) is 2.36. The fourth-order valence-corrected chi connectivity index (χ4v) is 2.09. The molecule has 1 aliphatic heterocycles. The van der Waals surface area contributed by atoms with Crippen LogP contribution in [0.5, 0.6) is 0 Å². The smallest absolute Gasteiger partial charge is 0.0841 e. The van der Waals surface area contributed by atoms with E-state index in [1.807, 2.05) is 0 Å². The number of alkyl halides is 1. The molecule has 3 unspecified atom stereocenters. The fourth-order valence-electron chi connectivity index (χ4n) is 1.92. The molecule has 1 aliphatic rings. The second-order valence-electron chi connectivity index (χ2n) is 4.66. The molecule has 3 atom stereocenters. The maximum atomic E-state index is 5.84. The van der Waals surface area contributed by atoms with Gasteiger partial charge in [-0.3, -0.25) is 4.90 Å². The summed E-state index contributed by atoms with van der Waals surface area (Å²) < 4.78 is 5.72. The molecule has 0 aromatic rings. The molecule has 0 aromatic carbocycles. The van der Waals surface area contributed by atoms with E-state index in [1.54, 1.807) is 0 Å². The number of rotatable bonds is 3. The van der Waals surface area contributed by atoms with Crippen LogP contribution in [0.25, 0.3) is 0 Å². The van der Waals surface area contributed by atoms with Gasteiger partial charge in [0.25, 0.3) is 0 Å². The van der Waals surface area contributed by atoms with E-state index in [1.165, 1.54) is 0 Å². The van der Waals surface area contributed by atoms with Gasteiger partial charge >= 0.3 is 0 Å². The van der Waals surface area contributed by atoms with E-state index in [-0.39, 0.29) is 6.10 Å². The normalized spacial score (nSPS) is 32.1. The Morgan fingerprint density at radius 2 is 2.00 bits per heavy atom. The summed E-state index contributed by atoms with van der Waals surface area (Å²) in [5, 5.41) is 0. The summed E-state index contributed by atoms with van der Waals surface area (Å²) in [6.07, 6.45) is 0.523. The van der Waals surface area contributed by atoms with Gasteiger partial charge in [-0.25, -0.2) is 0 Å². The molecule has 0 N–H and O–H groups in total. The van der Waals surface area contributed by atoms with Crippen molar-refractivity contribution in [3.05, 3.63) is 0 Å². The molecule has 1 heterocycles. The van der Waals surface area contributed by atoms with Crippen LogP contribution in [0, 0.1) is 5.92 Å². The van der Waals surface area contributed by atoms with Crippen molar-refractivity contribution in [2.45, 2.75) is 45.9 Å². The van der Waals surface area contributed by atoms with Crippen molar-refractivity contribution in [1.29, 1.82) is 0 Å². The maximum absolute atomic E-state index is 5.84. The van der Waals surface area contributed by atoms with Gasteiger partial charge in [-0.2, -0.15) is 0 Å². The third-order valence-corrected chi connectivity index (χ3v) is 3.41. The second-order valence-corrected chi connectivity index (χ2v) is 4.97. The third-order valence-electron chi connectivity index (χ3n) is 3.07. The van der Waals surface area contributed by atoms with Crippen LogP contribution in [0.4, 0.5) is 0 Å². The van der Waals surface area contributed by atoms with Crippen LogP contribution in [0.2, 0.25) is 0 Å². The highest BCUT2D eigenvalue weighted by molar-refractivity contribution is 6.18. The van der Waals surface area contributed by atoms with Gasteiger partial charge in [-0.1, -0.05) is 13.8 Å². The van der Waals surface area contributed by atoms with Crippen molar-refractivity contribution in [3.8, 4) is 0 Å². The molecule has 0 aromatic heterocycles. The van der Waals surface area contributed by atoms with E-state index in [2.05, 4.69) is 32.6 Å². The molecule has 84 valence electrons. The van der Waals surface area contributed by atoms with Crippen molar-refractivity contribution in [2.24, 2.45) is 5.92 Å². The average molecular weight is 220 g/mol. The summed E-state index contributed by atoms with van der Waals surface area (Å²) in [5.74, 6) is 1.29. The van der Waals surface area contributed by atoms with Gasteiger partial charge in [0, 0.05) is 25.0 Å². The zero-order valence-electron chi connectivity index (χ0n) is 9.66. The molecule has 0 spiro atoms. The Bertz CT molecular complexity index is 175. The first kappa shape index (κ1) is 12.3. The quantitative estimate of drug-likeness (QED) is 0.676. The van der Waals surface area contributed by atoms with Gasteiger partial charge in [0.1, 0.15) is 0 Å². The highest BCUT2D eigenvalue weighted by Crippen LogP contribution is 2.18. The highest BCUT2D eigenvalue weighted by atomic mass is 35.5. The van der Waals surface area contributed by atoms with Crippen molar-refractivity contribution in [2.75, 3.05) is 19.0 Å². The van der Waals surface area contributed by atoms with Crippen LogP contribution in [-0.2, 0) is 4.74 Å². The Labute approximate surface area is 92.6 Å². The minimum atomic E-state index is 0.210. The SMILES string of the molecule is CC1CN(C(C)C(C)C)CC(CCl)O1. The number of nitrogens with zero attached hydrogens (tertiary/aromatic N) is 1. The van der Waals surface area contributed by atoms with E-state index in [0.29, 0.717) is 23.9 Å². The molecule has 1 saturated heterocycles. The topological polar surface area (TPSA) is 12.5 Å². The van der Waals surface area contributed by atoms with Gasteiger partial charge in [-0.15, -0.1) is 11.6 Å². The molecule has 14 heavy (non-hydrogen) atoms. The van der Waals surface area contributed by atoms with Crippen LogP contribution in [-0.4, -0.2) is 42.1 Å². The fraction of sp³-hybridized carbons (Fsp3) is 1.00. The summed E-state index contributed by atoms with van der Waals surface area (Å²) >= 11 is 5.84. The molecular formula is C11H22ClNO. The van der Waals surface area contributed by atoms with Crippen LogP contribution >= 0.6 is 11.6 Å². The molecule has 0 amide bonds. The molecule has 1 rings (SSSR count). The lowest BCUT2D eigenvalue weighted by Gasteiger charge is -2.40. The minimum Gasteiger partial charge on any atom is -0.371 e. The van der Waals surface area contributed by atoms with E-state index in [4.69, 9.17) is 16.3 Å². The van der Waals surface area contributed by atoms with Gasteiger partial charge in [0.05, 0.1) is 12.2 Å². The van der Waals surface area contributed by atoms with Crippen molar-refractivity contribution in [3.63, 3.8) is 0 Å². The lowest BCUT2D eigenvalue weighted by atomic mass is 10.0. The van der Waals surface area contributed by atoms with Crippen LogP contribution in [0.15, 0.2) is 0 Å². The molecule has 0 radical (unpaired) electrons. The Kier molecular flexibility index (Phi) is 4.68. The minimum absolute atomic E-state index is 0.210. The average Bonchev–Trinajstić information content (AvgIpc) is 2.15. The Balaban J connectivity index is 2.52. The number of halogens is 1. The van der Waals surface area contributed by atoms with Gasteiger partial charge in [0.2, 0.25) is 0 Å². The largest absolute Gasteiger partial charge is 0.371 e. The Morgan fingerprint density at radius 1 is 1.36 bits per heavy atom. The first-order valence-corrected chi connectivity index (χ1v) is 6.03. The van der Waals surface area contributed by atoms with E-state index in [0.717, 1.165) is 13.1 Å². The van der Waals surface area contributed by atoms with E-state index >= 15 is 0 Å². The second kappa shape index (κ2) is 5.34. The van der Waals surface area contributed by atoms with Crippen LogP contribution in [0.3, 0.4) is 0 Å². The first-order chi connectivity index (χ1) is 6.54. The molecule has 2 nitrogen and oxygen atoms in total. The number of morpholine rings is 1. The van der Waals surface area contributed by atoms with Gasteiger partial charge in [0.15, 0.2) is 0 Å². The molecule has 3 heteroatoms. The van der Waals surface area contributed by atoms with Crippen LogP contribution < -0.4 is 0 Å². The summed E-state index contributed by atoms with van der Waals surface area (Å²) in [6, 6.07) is 0.618. The van der Waals surface area contributed by atoms with Crippen molar-refractivity contribution >= 4 is 11.6 Å². The molecule has 0 bridgehead atoms. The van der Waals surface area contributed by atoms with Gasteiger partial charge < -0.3 is 4.74 Å². The van der Waals surface area contributed by atoms with Gasteiger partial charge in [-0.05, 0) is 19.8 Å².